The normalized spacial score (nSPS) is 14.1. The molecule has 0 aromatic heterocycles. The molecule has 0 spiro atoms. The predicted octanol–water partition coefficient (Wildman–Crippen LogP) is 1.83. The predicted molar refractivity (Wildman–Crippen MR) is 55.4 cm³/mol. The van der Waals surface area contributed by atoms with Crippen LogP contribution in [0.3, 0.4) is 0 Å². The zero-order valence-corrected chi connectivity index (χ0v) is 9.77. The second kappa shape index (κ2) is 8.78. The van der Waals surface area contributed by atoms with Crippen molar-refractivity contribution in [2.24, 2.45) is 5.92 Å². The fourth-order valence-electron chi connectivity index (χ4n) is 1.09. The van der Waals surface area contributed by atoms with E-state index in [1.807, 2.05) is 6.92 Å². The molecule has 1 unspecified atom stereocenters. The van der Waals surface area contributed by atoms with Crippen molar-refractivity contribution in [1.82, 2.24) is 5.32 Å². The van der Waals surface area contributed by atoms with E-state index in [9.17, 15) is 13.2 Å². The number of rotatable bonds is 9. The number of methoxy groups -OCH3 is 1. The van der Waals surface area contributed by atoms with Gasteiger partial charge < -0.3 is 14.8 Å². The smallest absolute Gasteiger partial charge is 0.382 e. The van der Waals surface area contributed by atoms with Gasteiger partial charge in [0.25, 0.3) is 0 Å². The largest absolute Gasteiger partial charge is 0.401 e. The Balaban J connectivity index is 3.28. The van der Waals surface area contributed by atoms with Crippen molar-refractivity contribution >= 4 is 0 Å². The molecule has 0 radical (unpaired) electrons. The molecule has 0 rings (SSSR count). The highest BCUT2D eigenvalue weighted by Crippen LogP contribution is 2.12. The van der Waals surface area contributed by atoms with E-state index in [-0.39, 0.29) is 5.92 Å². The van der Waals surface area contributed by atoms with Gasteiger partial charge in [-0.25, -0.2) is 0 Å². The van der Waals surface area contributed by atoms with Gasteiger partial charge in [-0.05, 0) is 18.9 Å². The van der Waals surface area contributed by atoms with Crippen molar-refractivity contribution in [3.63, 3.8) is 0 Å². The van der Waals surface area contributed by atoms with E-state index >= 15 is 0 Å². The van der Waals surface area contributed by atoms with Gasteiger partial charge in [0.2, 0.25) is 0 Å². The van der Waals surface area contributed by atoms with Crippen LogP contribution in [-0.4, -0.2) is 46.2 Å². The lowest BCUT2D eigenvalue weighted by molar-refractivity contribution is -0.125. The summed E-state index contributed by atoms with van der Waals surface area (Å²) in [6.45, 7) is 2.94. The third-order valence-electron chi connectivity index (χ3n) is 2.01. The molecule has 0 heterocycles. The Bertz CT molecular complexity index is 165. The Morgan fingerprint density at radius 2 is 1.88 bits per heavy atom. The molecular formula is C10H20F3NO2. The summed E-state index contributed by atoms with van der Waals surface area (Å²) in [6, 6.07) is 0. The average Bonchev–Trinajstić information content (AvgIpc) is 2.15. The maximum atomic E-state index is 11.8. The Morgan fingerprint density at radius 3 is 2.44 bits per heavy atom. The molecule has 0 fully saturated rings. The van der Waals surface area contributed by atoms with Crippen molar-refractivity contribution in [2.75, 3.05) is 40.0 Å². The SMILES string of the molecule is COCCOCCC(C)CNCC(F)(F)F. The summed E-state index contributed by atoms with van der Waals surface area (Å²) in [4.78, 5) is 0. The maximum Gasteiger partial charge on any atom is 0.401 e. The number of nitrogens with one attached hydrogen (secondary N) is 1. The maximum absolute atomic E-state index is 11.8. The topological polar surface area (TPSA) is 30.5 Å². The van der Waals surface area contributed by atoms with Gasteiger partial charge in [0, 0.05) is 13.7 Å². The van der Waals surface area contributed by atoms with Crippen LogP contribution in [0.4, 0.5) is 13.2 Å². The van der Waals surface area contributed by atoms with Gasteiger partial charge in [0.15, 0.2) is 0 Å². The molecule has 0 aliphatic rings. The first-order chi connectivity index (χ1) is 7.45. The second-order valence-electron chi connectivity index (χ2n) is 3.75. The molecule has 0 aliphatic carbocycles. The summed E-state index contributed by atoms with van der Waals surface area (Å²) < 4.78 is 45.4. The Morgan fingerprint density at radius 1 is 1.19 bits per heavy atom. The number of hydrogen-bond acceptors (Lipinski definition) is 3. The molecule has 1 atom stereocenters. The minimum Gasteiger partial charge on any atom is -0.382 e. The number of hydrogen-bond donors (Lipinski definition) is 1. The third-order valence-corrected chi connectivity index (χ3v) is 2.01. The molecule has 1 N–H and O–H groups in total. The van der Waals surface area contributed by atoms with Crippen molar-refractivity contribution in [3.8, 4) is 0 Å². The van der Waals surface area contributed by atoms with Crippen LogP contribution in [0, 0.1) is 5.92 Å². The summed E-state index contributed by atoms with van der Waals surface area (Å²) in [7, 11) is 1.59. The molecule has 98 valence electrons. The zero-order valence-electron chi connectivity index (χ0n) is 9.77. The first kappa shape index (κ1) is 15.7. The van der Waals surface area contributed by atoms with Crippen LogP contribution in [0.1, 0.15) is 13.3 Å². The van der Waals surface area contributed by atoms with Crippen LogP contribution in [-0.2, 0) is 9.47 Å². The minimum atomic E-state index is -4.13. The first-order valence-corrected chi connectivity index (χ1v) is 5.30. The van der Waals surface area contributed by atoms with Gasteiger partial charge in [-0.2, -0.15) is 13.2 Å². The molecule has 0 aromatic rings. The molecule has 0 bridgehead atoms. The van der Waals surface area contributed by atoms with Crippen LogP contribution in [0.15, 0.2) is 0 Å². The van der Waals surface area contributed by atoms with E-state index < -0.39 is 12.7 Å². The van der Waals surface area contributed by atoms with E-state index in [1.165, 1.54) is 0 Å². The molecule has 0 amide bonds. The Hall–Kier alpha value is -0.330. The van der Waals surface area contributed by atoms with Gasteiger partial charge >= 0.3 is 6.18 Å². The molecule has 0 saturated carbocycles. The quantitative estimate of drug-likeness (QED) is 0.627. The monoisotopic (exact) mass is 243 g/mol. The zero-order chi connectivity index (χ0) is 12.4. The Labute approximate surface area is 94.3 Å². The molecule has 6 heteroatoms. The summed E-state index contributed by atoms with van der Waals surface area (Å²) >= 11 is 0. The lowest BCUT2D eigenvalue weighted by atomic mass is 10.1. The van der Waals surface area contributed by atoms with Crippen LogP contribution in [0.5, 0.6) is 0 Å². The van der Waals surface area contributed by atoms with E-state index in [1.54, 1.807) is 7.11 Å². The minimum absolute atomic E-state index is 0.171. The molecule has 3 nitrogen and oxygen atoms in total. The molecule has 0 aliphatic heterocycles. The molecular weight excluding hydrogens is 223 g/mol. The van der Waals surface area contributed by atoms with Gasteiger partial charge in [0.1, 0.15) is 0 Å². The fourth-order valence-corrected chi connectivity index (χ4v) is 1.09. The Kier molecular flexibility index (Phi) is 8.60. The highest BCUT2D eigenvalue weighted by Gasteiger charge is 2.26. The van der Waals surface area contributed by atoms with Crippen molar-refractivity contribution in [1.29, 1.82) is 0 Å². The molecule has 0 saturated heterocycles. The van der Waals surface area contributed by atoms with Gasteiger partial charge in [0.05, 0.1) is 19.8 Å². The van der Waals surface area contributed by atoms with Crippen LogP contribution < -0.4 is 5.32 Å². The van der Waals surface area contributed by atoms with Gasteiger partial charge in [-0.3, -0.25) is 0 Å². The molecule has 0 aromatic carbocycles. The highest BCUT2D eigenvalue weighted by molar-refractivity contribution is 4.60. The summed E-state index contributed by atoms with van der Waals surface area (Å²) in [5.41, 5.74) is 0. The summed E-state index contributed by atoms with van der Waals surface area (Å²) in [5, 5.41) is 2.37. The summed E-state index contributed by atoms with van der Waals surface area (Å²) in [6.07, 6.45) is -3.39. The second-order valence-corrected chi connectivity index (χ2v) is 3.75. The van der Waals surface area contributed by atoms with Crippen molar-refractivity contribution in [3.05, 3.63) is 0 Å². The lowest BCUT2D eigenvalue weighted by Crippen LogP contribution is -2.32. The standard InChI is InChI=1S/C10H20F3NO2/c1-9(3-4-16-6-5-15-2)7-14-8-10(11,12)13/h9,14H,3-8H2,1-2H3. The van der Waals surface area contributed by atoms with Crippen LogP contribution in [0.25, 0.3) is 0 Å². The van der Waals surface area contributed by atoms with Gasteiger partial charge in [-0.1, -0.05) is 6.92 Å². The first-order valence-electron chi connectivity index (χ1n) is 5.30. The molecule has 16 heavy (non-hydrogen) atoms. The average molecular weight is 243 g/mol. The van der Waals surface area contributed by atoms with E-state index in [2.05, 4.69) is 5.32 Å². The van der Waals surface area contributed by atoms with Crippen LogP contribution in [0.2, 0.25) is 0 Å². The fraction of sp³-hybridized carbons (Fsp3) is 1.00. The van der Waals surface area contributed by atoms with E-state index in [4.69, 9.17) is 9.47 Å². The van der Waals surface area contributed by atoms with Gasteiger partial charge in [-0.15, -0.1) is 0 Å². The van der Waals surface area contributed by atoms with E-state index in [0.717, 1.165) is 6.42 Å². The third kappa shape index (κ3) is 11.7. The number of halogens is 3. The highest BCUT2D eigenvalue weighted by atomic mass is 19.4. The van der Waals surface area contributed by atoms with E-state index in [0.29, 0.717) is 26.4 Å². The van der Waals surface area contributed by atoms with Crippen molar-refractivity contribution < 1.29 is 22.6 Å². The summed E-state index contributed by atoms with van der Waals surface area (Å²) in [5.74, 6) is 0.171. The number of alkyl halides is 3. The number of ether oxygens (including phenoxy) is 2. The van der Waals surface area contributed by atoms with Crippen LogP contribution >= 0.6 is 0 Å². The van der Waals surface area contributed by atoms with Crippen molar-refractivity contribution in [2.45, 2.75) is 19.5 Å². The lowest BCUT2D eigenvalue weighted by Gasteiger charge is -2.13.